The zero-order chi connectivity index (χ0) is 17.5. The largest absolute Gasteiger partial charge is 0.481 e. The Bertz CT molecular complexity index is 460. The van der Waals surface area contributed by atoms with Crippen molar-refractivity contribution < 1.29 is 14.7 Å². The number of carboxylic acids is 1. The Morgan fingerprint density at radius 1 is 1.29 bits per heavy atom. The number of nitrogens with one attached hydrogen (secondary N) is 1. The average molecular weight is 335 g/mol. The number of carboxylic acid groups (broad SMARTS) is 1. The predicted molar refractivity (Wildman–Crippen MR) is 95.5 cm³/mol. The molecule has 5 atom stereocenters. The van der Waals surface area contributed by atoms with Crippen LogP contribution in [0.1, 0.15) is 65.2 Å². The number of hydrogen-bond donors (Lipinski definition) is 2. The van der Waals surface area contributed by atoms with Gasteiger partial charge in [0.05, 0.1) is 0 Å². The zero-order valence-corrected chi connectivity index (χ0v) is 15.2. The molecule has 2 aliphatic carbocycles. The van der Waals surface area contributed by atoms with Crippen LogP contribution in [0.2, 0.25) is 0 Å². The van der Waals surface area contributed by atoms with E-state index < -0.39 is 5.97 Å². The fraction of sp³-hybridized carbons (Fsp3) is 0.800. The summed E-state index contributed by atoms with van der Waals surface area (Å²) in [6.07, 6.45) is 11.9. The van der Waals surface area contributed by atoms with E-state index in [2.05, 4.69) is 31.3 Å². The van der Waals surface area contributed by atoms with Gasteiger partial charge in [-0.3, -0.25) is 9.59 Å². The number of hydrogen-bond acceptors (Lipinski definition) is 2. The molecular weight excluding hydrogens is 302 g/mol. The lowest BCUT2D eigenvalue weighted by Crippen LogP contribution is -2.39. The highest BCUT2D eigenvalue weighted by molar-refractivity contribution is 5.80. The standard InChI is InChI=1S/C20H33NO3/c1-3-7-14(2)13-21-20(24)19-16-11-10-15(12-16)17(19)8-5-4-6-9-18(22)23/h5,8,14-17,19H,3-4,6-7,9-13H2,1-2H3,(H,21,24)(H,22,23). The Hall–Kier alpha value is -1.32. The third kappa shape index (κ3) is 5.09. The number of carbonyl (C=O) groups excluding carboxylic acids is 1. The summed E-state index contributed by atoms with van der Waals surface area (Å²) < 4.78 is 0. The maximum Gasteiger partial charge on any atom is 0.303 e. The highest BCUT2D eigenvalue weighted by Gasteiger charge is 2.49. The molecule has 0 radical (unpaired) electrons. The average Bonchev–Trinajstić information content (AvgIpc) is 3.13. The van der Waals surface area contributed by atoms with Gasteiger partial charge in [0.2, 0.25) is 5.91 Å². The van der Waals surface area contributed by atoms with Crippen LogP contribution in [0.15, 0.2) is 12.2 Å². The van der Waals surface area contributed by atoms with E-state index in [-0.39, 0.29) is 18.2 Å². The van der Waals surface area contributed by atoms with Gasteiger partial charge in [-0.15, -0.1) is 0 Å². The van der Waals surface area contributed by atoms with Crippen LogP contribution in [-0.4, -0.2) is 23.5 Å². The van der Waals surface area contributed by atoms with E-state index in [1.54, 1.807) is 0 Å². The second-order valence-electron chi connectivity index (χ2n) is 7.79. The maximum atomic E-state index is 12.7. The molecule has 0 spiro atoms. The first-order chi connectivity index (χ1) is 11.5. The molecule has 5 unspecified atom stereocenters. The molecule has 1 amide bonds. The fourth-order valence-corrected chi connectivity index (χ4v) is 4.61. The molecular formula is C20H33NO3. The summed E-state index contributed by atoms with van der Waals surface area (Å²) in [7, 11) is 0. The molecule has 0 heterocycles. The van der Waals surface area contributed by atoms with Crippen LogP contribution in [0.5, 0.6) is 0 Å². The van der Waals surface area contributed by atoms with Crippen LogP contribution < -0.4 is 5.32 Å². The first-order valence-corrected chi connectivity index (χ1v) is 9.69. The predicted octanol–water partition coefficient (Wildman–Crippen LogP) is 4.01. The summed E-state index contributed by atoms with van der Waals surface area (Å²) in [6.45, 7) is 5.17. The van der Waals surface area contributed by atoms with Gasteiger partial charge in [0.15, 0.2) is 0 Å². The molecule has 2 N–H and O–H groups in total. The number of fused-ring (bicyclic) bond motifs is 2. The lowest BCUT2D eigenvalue weighted by molar-refractivity contribution is -0.137. The van der Waals surface area contributed by atoms with Crippen LogP contribution in [0.3, 0.4) is 0 Å². The van der Waals surface area contributed by atoms with Gasteiger partial charge in [-0.2, -0.15) is 0 Å². The van der Waals surface area contributed by atoms with Gasteiger partial charge in [0.25, 0.3) is 0 Å². The smallest absolute Gasteiger partial charge is 0.303 e. The highest BCUT2D eigenvalue weighted by Crippen LogP contribution is 2.52. The molecule has 2 saturated carbocycles. The normalized spacial score (nSPS) is 29.9. The van der Waals surface area contributed by atoms with E-state index in [9.17, 15) is 9.59 Å². The van der Waals surface area contributed by atoms with Gasteiger partial charge in [-0.25, -0.2) is 0 Å². The topological polar surface area (TPSA) is 66.4 Å². The van der Waals surface area contributed by atoms with Crippen molar-refractivity contribution in [3.05, 3.63) is 12.2 Å². The minimum absolute atomic E-state index is 0.133. The summed E-state index contributed by atoms with van der Waals surface area (Å²) >= 11 is 0. The molecule has 24 heavy (non-hydrogen) atoms. The van der Waals surface area contributed by atoms with E-state index in [1.807, 2.05) is 0 Å². The van der Waals surface area contributed by atoms with Crippen molar-refractivity contribution in [3.8, 4) is 0 Å². The van der Waals surface area contributed by atoms with Crippen molar-refractivity contribution in [2.24, 2.45) is 29.6 Å². The Balaban J connectivity index is 1.85. The Morgan fingerprint density at radius 2 is 2.04 bits per heavy atom. The number of allylic oxidation sites excluding steroid dienone is 2. The quantitative estimate of drug-likeness (QED) is 0.468. The van der Waals surface area contributed by atoms with Crippen molar-refractivity contribution in [2.45, 2.75) is 65.2 Å². The summed E-state index contributed by atoms with van der Waals surface area (Å²) in [6, 6.07) is 0. The zero-order valence-electron chi connectivity index (χ0n) is 15.2. The van der Waals surface area contributed by atoms with Gasteiger partial charge in [0.1, 0.15) is 0 Å². The molecule has 4 heteroatoms. The van der Waals surface area contributed by atoms with Crippen LogP contribution in [0.4, 0.5) is 0 Å². The van der Waals surface area contributed by atoms with E-state index >= 15 is 0 Å². The Labute approximate surface area is 146 Å². The molecule has 0 aliphatic heterocycles. The molecule has 2 bridgehead atoms. The van der Waals surface area contributed by atoms with Crippen LogP contribution in [0, 0.1) is 29.6 Å². The number of aliphatic carboxylic acids is 1. The van der Waals surface area contributed by atoms with Crippen molar-refractivity contribution in [1.29, 1.82) is 0 Å². The van der Waals surface area contributed by atoms with Gasteiger partial charge in [0, 0.05) is 18.9 Å². The molecule has 0 aromatic carbocycles. The number of amides is 1. The van der Waals surface area contributed by atoms with E-state index in [4.69, 9.17) is 5.11 Å². The van der Waals surface area contributed by atoms with Gasteiger partial charge in [-0.05, 0) is 62.2 Å². The minimum Gasteiger partial charge on any atom is -0.481 e. The van der Waals surface area contributed by atoms with Crippen molar-refractivity contribution in [3.63, 3.8) is 0 Å². The summed E-state index contributed by atoms with van der Waals surface area (Å²) in [5.41, 5.74) is 0. The van der Waals surface area contributed by atoms with E-state index in [0.29, 0.717) is 30.1 Å². The summed E-state index contributed by atoms with van der Waals surface area (Å²) in [5, 5.41) is 11.9. The van der Waals surface area contributed by atoms with Crippen molar-refractivity contribution >= 4 is 11.9 Å². The summed E-state index contributed by atoms with van der Waals surface area (Å²) in [4.78, 5) is 23.3. The number of rotatable bonds is 10. The number of carbonyl (C=O) groups is 2. The minimum atomic E-state index is -0.734. The first kappa shape index (κ1) is 19.0. The lowest BCUT2D eigenvalue weighted by Gasteiger charge is -2.28. The van der Waals surface area contributed by atoms with Crippen LogP contribution in [0.25, 0.3) is 0 Å². The molecule has 136 valence electrons. The molecule has 2 fully saturated rings. The molecule has 0 aromatic rings. The monoisotopic (exact) mass is 335 g/mol. The maximum absolute atomic E-state index is 12.7. The van der Waals surface area contributed by atoms with Crippen LogP contribution >= 0.6 is 0 Å². The number of unbranched alkanes of at least 4 members (excludes halogenated alkanes) is 1. The third-order valence-electron chi connectivity index (χ3n) is 5.81. The molecule has 4 nitrogen and oxygen atoms in total. The summed E-state index contributed by atoms with van der Waals surface area (Å²) in [5.74, 6) is 1.73. The van der Waals surface area contributed by atoms with Gasteiger partial charge < -0.3 is 10.4 Å². The lowest BCUT2D eigenvalue weighted by atomic mass is 9.78. The fourth-order valence-electron chi connectivity index (χ4n) is 4.61. The second-order valence-corrected chi connectivity index (χ2v) is 7.79. The second kappa shape index (κ2) is 9.24. The van der Waals surface area contributed by atoms with E-state index in [0.717, 1.165) is 25.8 Å². The Kier molecular flexibility index (Phi) is 7.32. The van der Waals surface area contributed by atoms with Crippen molar-refractivity contribution in [2.75, 3.05) is 6.54 Å². The molecule has 2 rings (SSSR count). The highest BCUT2D eigenvalue weighted by atomic mass is 16.4. The van der Waals surface area contributed by atoms with Crippen molar-refractivity contribution in [1.82, 2.24) is 5.32 Å². The molecule has 0 aromatic heterocycles. The van der Waals surface area contributed by atoms with Gasteiger partial charge >= 0.3 is 5.97 Å². The molecule has 2 aliphatic rings. The first-order valence-electron chi connectivity index (χ1n) is 9.69. The Morgan fingerprint density at radius 3 is 2.75 bits per heavy atom. The van der Waals surface area contributed by atoms with E-state index in [1.165, 1.54) is 19.3 Å². The SMILES string of the molecule is CCCC(C)CNC(=O)C1C2CCC(C2)C1C=CCCCC(=O)O. The molecule has 0 saturated heterocycles. The van der Waals surface area contributed by atoms with Crippen LogP contribution in [-0.2, 0) is 9.59 Å². The third-order valence-corrected chi connectivity index (χ3v) is 5.81. The van der Waals surface area contributed by atoms with Gasteiger partial charge in [-0.1, -0.05) is 32.4 Å².